The van der Waals surface area contributed by atoms with Gasteiger partial charge < -0.3 is 30.2 Å². The summed E-state index contributed by atoms with van der Waals surface area (Å²) in [6.45, 7) is 6.78. The summed E-state index contributed by atoms with van der Waals surface area (Å²) in [7, 11) is 5.21. The van der Waals surface area contributed by atoms with E-state index >= 15 is 0 Å². The maximum Gasteiger partial charge on any atom is 0.250 e. The number of imidazole rings is 1. The lowest BCUT2D eigenvalue weighted by Gasteiger charge is -2.45. The first-order chi connectivity index (χ1) is 19.5. The number of carbonyl (C=O) groups is 4. The minimum Gasteiger partial charge on any atom is -0.374 e. The Kier molecular flexibility index (Phi) is 9.52. The highest BCUT2D eigenvalue weighted by Crippen LogP contribution is 2.42. The van der Waals surface area contributed by atoms with Crippen LogP contribution >= 0.6 is 0 Å². The first-order valence-corrected chi connectivity index (χ1v) is 14.1. The molecule has 4 amide bonds. The van der Waals surface area contributed by atoms with Crippen molar-refractivity contribution < 1.29 is 23.9 Å². The number of piperidine rings is 1. The van der Waals surface area contributed by atoms with Gasteiger partial charge >= 0.3 is 0 Å². The number of hydrogen-bond acceptors (Lipinski definition) is 6. The van der Waals surface area contributed by atoms with Crippen LogP contribution in [0, 0.1) is 5.92 Å². The zero-order chi connectivity index (χ0) is 29.6. The molecule has 1 aromatic heterocycles. The van der Waals surface area contributed by atoms with Gasteiger partial charge in [-0.1, -0.05) is 37.3 Å². The molecule has 0 spiro atoms. The molecular formula is C29H39BN6O5. The van der Waals surface area contributed by atoms with Gasteiger partial charge in [0.1, 0.15) is 17.1 Å². The SMILES string of the molecule is [B]C(=O)NC(C)(C)C(=O)NC(COCc1ccccc1)C(=O)Nc1cn(C2(C(=O)N3CCC(C)CC3)CCC2)cn1. The van der Waals surface area contributed by atoms with Gasteiger partial charge in [0.2, 0.25) is 19.7 Å². The van der Waals surface area contributed by atoms with E-state index in [1.807, 2.05) is 39.8 Å². The van der Waals surface area contributed by atoms with Crippen molar-refractivity contribution in [3.63, 3.8) is 0 Å². The van der Waals surface area contributed by atoms with Gasteiger partial charge in [0.05, 0.1) is 19.5 Å². The third-order valence-corrected chi connectivity index (χ3v) is 8.00. The van der Waals surface area contributed by atoms with Crippen molar-refractivity contribution in [2.75, 3.05) is 25.0 Å². The van der Waals surface area contributed by atoms with E-state index in [0.717, 1.165) is 50.8 Å². The molecule has 11 nitrogen and oxygen atoms in total. The molecule has 1 aliphatic carbocycles. The summed E-state index contributed by atoms with van der Waals surface area (Å²) < 4.78 is 7.58. The predicted octanol–water partition coefficient (Wildman–Crippen LogP) is 2.32. The van der Waals surface area contributed by atoms with Crippen LogP contribution in [0.15, 0.2) is 42.9 Å². The third-order valence-electron chi connectivity index (χ3n) is 8.00. The summed E-state index contributed by atoms with van der Waals surface area (Å²) in [6, 6.07) is 8.33. The van der Waals surface area contributed by atoms with Crippen LogP contribution in [0.5, 0.6) is 0 Å². The summed E-state index contributed by atoms with van der Waals surface area (Å²) >= 11 is 0. The molecule has 12 heteroatoms. The number of aromatic nitrogens is 2. The lowest BCUT2D eigenvalue weighted by Crippen LogP contribution is -2.59. The van der Waals surface area contributed by atoms with Gasteiger partial charge in [-0.05, 0) is 57.4 Å². The van der Waals surface area contributed by atoms with Crippen molar-refractivity contribution in [2.24, 2.45) is 5.92 Å². The smallest absolute Gasteiger partial charge is 0.250 e. The predicted molar refractivity (Wildman–Crippen MR) is 154 cm³/mol. The second-order valence-corrected chi connectivity index (χ2v) is 11.7. The van der Waals surface area contributed by atoms with Crippen molar-refractivity contribution in [1.82, 2.24) is 25.1 Å². The van der Waals surface area contributed by atoms with Crippen molar-refractivity contribution in [3.05, 3.63) is 48.4 Å². The minimum absolute atomic E-state index is 0.106. The molecule has 1 aromatic carbocycles. The maximum absolute atomic E-state index is 13.6. The van der Waals surface area contributed by atoms with Crippen LogP contribution in [0.2, 0.25) is 0 Å². The molecule has 4 rings (SSSR count). The van der Waals surface area contributed by atoms with E-state index in [9.17, 15) is 19.2 Å². The summed E-state index contributed by atoms with van der Waals surface area (Å²) in [5.74, 6) is -1.04. The Bertz CT molecular complexity index is 1240. The van der Waals surface area contributed by atoms with E-state index in [4.69, 9.17) is 12.6 Å². The number of nitrogens with one attached hydrogen (secondary N) is 3. The Morgan fingerprint density at radius 3 is 2.44 bits per heavy atom. The fraction of sp³-hybridized carbons (Fsp3) is 0.552. The number of benzene rings is 1. The van der Waals surface area contributed by atoms with Gasteiger partial charge in [0.25, 0.3) is 5.91 Å². The molecule has 2 radical (unpaired) electrons. The van der Waals surface area contributed by atoms with Gasteiger partial charge in [-0.25, -0.2) is 4.98 Å². The van der Waals surface area contributed by atoms with Gasteiger partial charge in [-0.2, -0.15) is 0 Å². The highest BCUT2D eigenvalue weighted by atomic mass is 16.5. The Balaban J connectivity index is 1.45. The highest BCUT2D eigenvalue weighted by Gasteiger charge is 2.48. The molecule has 218 valence electrons. The van der Waals surface area contributed by atoms with E-state index in [2.05, 4.69) is 27.9 Å². The lowest BCUT2D eigenvalue weighted by atomic mass is 9.75. The second kappa shape index (κ2) is 12.9. The number of amides is 4. The van der Waals surface area contributed by atoms with Gasteiger partial charge in [0.15, 0.2) is 11.6 Å². The number of ether oxygens (including phenoxy) is 1. The van der Waals surface area contributed by atoms with Crippen LogP contribution in [0.4, 0.5) is 10.6 Å². The molecule has 41 heavy (non-hydrogen) atoms. The molecule has 2 aliphatic rings. The van der Waals surface area contributed by atoms with Crippen LogP contribution in [-0.2, 0) is 31.3 Å². The Hall–Kier alpha value is -3.67. The summed E-state index contributed by atoms with van der Waals surface area (Å²) in [6.07, 6.45) is 7.63. The maximum atomic E-state index is 13.6. The van der Waals surface area contributed by atoms with Crippen LogP contribution in [0.1, 0.15) is 58.4 Å². The van der Waals surface area contributed by atoms with Crippen molar-refractivity contribution in [2.45, 2.75) is 76.6 Å². The van der Waals surface area contributed by atoms with Crippen LogP contribution in [0.3, 0.4) is 0 Å². The van der Waals surface area contributed by atoms with E-state index in [-0.39, 0.29) is 24.9 Å². The average molecular weight is 562 g/mol. The molecule has 1 saturated heterocycles. The molecule has 0 bridgehead atoms. The summed E-state index contributed by atoms with van der Waals surface area (Å²) in [5, 5.41) is 7.77. The second-order valence-electron chi connectivity index (χ2n) is 11.7. The molecular weight excluding hydrogens is 523 g/mol. The van der Waals surface area contributed by atoms with E-state index < -0.39 is 34.7 Å². The summed E-state index contributed by atoms with van der Waals surface area (Å²) in [4.78, 5) is 57.5. The zero-order valence-corrected chi connectivity index (χ0v) is 24.0. The highest BCUT2D eigenvalue weighted by molar-refractivity contribution is 6.57. The molecule has 1 atom stereocenters. The molecule has 3 N–H and O–H groups in total. The largest absolute Gasteiger partial charge is 0.374 e. The number of carbonyl (C=O) groups excluding carboxylic acids is 4. The lowest BCUT2D eigenvalue weighted by molar-refractivity contribution is -0.147. The molecule has 2 aromatic rings. The van der Waals surface area contributed by atoms with Crippen LogP contribution in [0.25, 0.3) is 0 Å². The van der Waals surface area contributed by atoms with E-state index in [1.54, 1.807) is 12.5 Å². The summed E-state index contributed by atoms with van der Waals surface area (Å²) in [5.41, 5.74) is -1.15. The quantitative estimate of drug-likeness (QED) is 0.360. The Morgan fingerprint density at radius 1 is 1.15 bits per heavy atom. The van der Waals surface area contributed by atoms with Crippen molar-refractivity contribution in [3.8, 4) is 0 Å². The normalized spacial score (nSPS) is 17.7. The average Bonchev–Trinajstić information content (AvgIpc) is 3.35. The fourth-order valence-electron chi connectivity index (χ4n) is 5.19. The molecule has 1 aliphatic heterocycles. The van der Waals surface area contributed by atoms with Gasteiger partial charge in [-0.15, -0.1) is 0 Å². The number of likely N-dealkylation sites (tertiary alicyclic amines) is 1. The topological polar surface area (TPSA) is 135 Å². The Morgan fingerprint density at radius 2 is 1.83 bits per heavy atom. The van der Waals surface area contributed by atoms with Crippen molar-refractivity contribution in [1.29, 1.82) is 0 Å². The molecule has 2 heterocycles. The fourth-order valence-corrected chi connectivity index (χ4v) is 5.19. The standard InChI is InChI=1S/C29H39BN6O5/c1-20-10-14-35(15-11-20)26(39)29(12-7-13-29)36-16-23(31-19-36)33-24(37)22(18-41-17-21-8-5-4-6-9-21)32-25(38)28(2,3)34-27(30)40/h4-6,8-9,16,19-20,22H,7,10-15,17-18H2,1-3H3,(H,32,38)(H,33,37)(H,34,40). The minimum atomic E-state index is -1.37. The monoisotopic (exact) mass is 562 g/mol. The number of rotatable bonds is 11. The first kappa shape index (κ1) is 30.3. The van der Waals surface area contributed by atoms with E-state index in [0.29, 0.717) is 5.92 Å². The van der Waals surface area contributed by atoms with Crippen LogP contribution in [-0.4, -0.2) is 77.1 Å². The molecule has 1 saturated carbocycles. The number of anilines is 1. The third kappa shape index (κ3) is 7.35. The van der Waals surface area contributed by atoms with Crippen LogP contribution < -0.4 is 16.0 Å². The first-order valence-electron chi connectivity index (χ1n) is 14.1. The molecule has 2 fully saturated rings. The Labute approximate surface area is 242 Å². The number of hydrogen-bond donors (Lipinski definition) is 3. The number of nitrogens with zero attached hydrogens (tertiary/aromatic N) is 3. The van der Waals surface area contributed by atoms with Gasteiger partial charge in [0, 0.05) is 19.3 Å². The van der Waals surface area contributed by atoms with Gasteiger partial charge in [-0.3, -0.25) is 19.2 Å². The van der Waals surface area contributed by atoms with Crippen molar-refractivity contribution >= 4 is 37.2 Å². The van der Waals surface area contributed by atoms with E-state index in [1.165, 1.54) is 13.8 Å². The molecule has 1 unspecified atom stereocenters. The zero-order valence-electron chi connectivity index (χ0n) is 24.0.